The number of rotatable bonds is 7. The van der Waals surface area contributed by atoms with Gasteiger partial charge in [0.1, 0.15) is 0 Å². The minimum atomic E-state index is -1.82. The van der Waals surface area contributed by atoms with E-state index in [2.05, 4.69) is 40.8 Å². The van der Waals surface area contributed by atoms with Crippen molar-refractivity contribution in [1.82, 2.24) is 15.1 Å². The summed E-state index contributed by atoms with van der Waals surface area (Å²) in [5.41, 5.74) is 4.49. The molecule has 0 atom stereocenters. The fourth-order valence-electron chi connectivity index (χ4n) is 2.65. The van der Waals surface area contributed by atoms with Crippen LogP contribution in [0.4, 0.5) is 0 Å². The molecule has 154 valence electrons. The highest BCUT2D eigenvalue weighted by molar-refractivity contribution is 6.27. The molecule has 0 radical (unpaired) electrons. The molecule has 0 aliphatic carbocycles. The lowest BCUT2D eigenvalue weighted by Gasteiger charge is -2.05. The van der Waals surface area contributed by atoms with Crippen molar-refractivity contribution in [2.75, 3.05) is 0 Å². The zero-order valence-corrected chi connectivity index (χ0v) is 16.2. The lowest BCUT2D eigenvalue weighted by molar-refractivity contribution is -0.159. The largest absolute Gasteiger partial charge is 0.473 e. The molecule has 3 aromatic rings. The SMILES string of the molecule is N#CCCn1cc(CNCc2ccccc2)c(-c2ccccc2)n1.O=C(O)C(=O)O. The van der Waals surface area contributed by atoms with Crippen LogP contribution in [0.15, 0.2) is 66.9 Å². The molecule has 2 aromatic carbocycles. The first-order chi connectivity index (χ1) is 14.5. The Morgan fingerprint density at radius 1 is 0.967 bits per heavy atom. The maximum absolute atomic E-state index is 9.10. The van der Waals surface area contributed by atoms with Gasteiger partial charge in [0, 0.05) is 30.4 Å². The molecule has 0 amide bonds. The number of aromatic nitrogens is 2. The van der Waals surface area contributed by atoms with E-state index in [0.29, 0.717) is 13.0 Å². The van der Waals surface area contributed by atoms with E-state index >= 15 is 0 Å². The van der Waals surface area contributed by atoms with Crippen molar-refractivity contribution in [3.05, 3.63) is 78.0 Å². The predicted molar refractivity (Wildman–Crippen MR) is 110 cm³/mol. The van der Waals surface area contributed by atoms with Crippen molar-refractivity contribution in [1.29, 1.82) is 5.26 Å². The fourth-order valence-corrected chi connectivity index (χ4v) is 2.65. The number of hydrogen-bond acceptors (Lipinski definition) is 5. The molecule has 3 N–H and O–H groups in total. The second kappa shape index (κ2) is 11.8. The van der Waals surface area contributed by atoms with Crippen molar-refractivity contribution in [2.45, 2.75) is 26.1 Å². The molecule has 1 heterocycles. The molecule has 0 bridgehead atoms. The third-order valence-corrected chi connectivity index (χ3v) is 4.01. The summed E-state index contributed by atoms with van der Waals surface area (Å²) >= 11 is 0. The van der Waals surface area contributed by atoms with E-state index in [1.165, 1.54) is 5.56 Å². The molecule has 30 heavy (non-hydrogen) atoms. The lowest BCUT2D eigenvalue weighted by atomic mass is 10.1. The molecule has 0 aliphatic rings. The minimum Gasteiger partial charge on any atom is -0.473 e. The van der Waals surface area contributed by atoms with Crippen LogP contribution in [0.25, 0.3) is 11.3 Å². The summed E-state index contributed by atoms with van der Waals surface area (Å²) < 4.78 is 1.87. The van der Waals surface area contributed by atoms with E-state index in [1.54, 1.807) is 0 Å². The predicted octanol–water partition coefficient (Wildman–Crippen LogP) is 2.91. The van der Waals surface area contributed by atoms with Crippen LogP contribution < -0.4 is 5.32 Å². The van der Waals surface area contributed by atoms with Gasteiger partial charge in [-0.2, -0.15) is 10.4 Å². The number of aryl methyl sites for hydroxylation is 1. The first-order valence-corrected chi connectivity index (χ1v) is 9.20. The maximum Gasteiger partial charge on any atom is 0.414 e. The topological polar surface area (TPSA) is 128 Å². The average Bonchev–Trinajstić information content (AvgIpc) is 3.17. The number of nitrogens with one attached hydrogen (secondary N) is 1. The van der Waals surface area contributed by atoms with Gasteiger partial charge < -0.3 is 15.5 Å². The molecule has 0 saturated carbocycles. The van der Waals surface area contributed by atoms with Gasteiger partial charge in [-0.3, -0.25) is 4.68 Å². The number of carboxylic acids is 2. The molecule has 0 saturated heterocycles. The van der Waals surface area contributed by atoms with E-state index in [-0.39, 0.29) is 0 Å². The summed E-state index contributed by atoms with van der Waals surface area (Å²) in [5, 5.41) is 31.7. The Morgan fingerprint density at radius 2 is 1.57 bits per heavy atom. The van der Waals surface area contributed by atoms with Gasteiger partial charge >= 0.3 is 11.9 Å². The summed E-state index contributed by atoms with van der Waals surface area (Å²) in [7, 11) is 0. The number of nitriles is 1. The van der Waals surface area contributed by atoms with E-state index in [0.717, 1.165) is 29.9 Å². The number of carboxylic acid groups (broad SMARTS) is 2. The van der Waals surface area contributed by atoms with Crippen LogP contribution in [0, 0.1) is 11.3 Å². The van der Waals surface area contributed by atoms with E-state index < -0.39 is 11.9 Å². The highest BCUT2D eigenvalue weighted by atomic mass is 16.4. The van der Waals surface area contributed by atoms with Crippen molar-refractivity contribution < 1.29 is 19.8 Å². The Labute approximate surface area is 174 Å². The molecule has 0 spiro atoms. The highest BCUT2D eigenvalue weighted by Gasteiger charge is 2.11. The van der Waals surface area contributed by atoms with Gasteiger partial charge in [0.25, 0.3) is 0 Å². The van der Waals surface area contributed by atoms with Crippen LogP contribution in [0.1, 0.15) is 17.5 Å². The van der Waals surface area contributed by atoms with Gasteiger partial charge in [-0.25, -0.2) is 9.59 Å². The molecule has 0 aliphatic heterocycles. The maximum atomic E-state index is 9.10. The van der Waals surface area contributed by atoms with Gasteiger partial charge in [0.15, 0.2) is 0 Å². The van der Waals surface area contributed by atoms with Crippen LogP contribution in [0.2, 0.25) is 0 Å². The van der Waals surface area contributed by atoms with Crippen LogP contribution in [0.5, 0.6) is 0 Å². The molecule has 1 aromatic heterocycles. The number of aliphatic carboxylic acids is 2. The zero-order valence-electron chi connectivity index (χ0n) is 16.2. The molecular weight excluding hydrogens is 384 g/mol. The third kappa shape index (κ3) is 7.22. The smallest absolute Gasteiger partial charge is 0.414 e. The Balaban J connectivity index is 0.000000469. The monoisotopic (exact) mass is 406 g/mol. The zero-order chi connectivity index (χ0) is 21.8. The van der Waals surface area contributed by atoms with Gasteiger partial charge in [-0.1, -0.05) is 60.7 Å². The Morgan fingerprint density at radius 3 is 2.13 bits per heavy atom. The summed E-state index contributed by atoms with van der Waals surface area (Å²) in [6, 6.07) is 22.7. The van der Waals surface area contributed by atoms with E-state index in [9.17, 15) is 0 Å². The Bertz CT molecular complexity index is 983. The number of carbonyl (C=O) groups is 2. The van der Waals surface area contributed by atoms with Crippen LogP contribution in [0.3, 0.4) is 0 Å². The molecule has 3 rings (SSSR count). The second-order valence-corrected chi connectivity index (χ2v) is 6.24. The van der Waals surface area contributed by atoms with Crippen molar-refractivity contribution >= 4 is 11.9 Å². The molecule has 8 heteroatoms. The van der Waals surface area contributed by atoms with Crippen molar-refractivity contribution in [3.63, 3.8) is 0 Å². The fraction of sp³-hybridized carbons (Fsp3) is 0.182. The number of hydrogen-bond donors (Lipinski definition) is 3. The van der Waals surface area contributed by atoms with Crippen LogP contribution in [-0.2, 0) is 29.2 Å². The summed E-state index contributed by atoms with van der Waals surface area (Å²) in [5.74, 6) is -3.65. The molecular formula is C22H22N4O4. The average molecular weight is 406 g/mol. The molecule has 0 unspecified atom stereocenters. The van der Waals surface area contributed by atoms with Crippen LogP contribution in [-0.4, -0.2) is 31.9 Å². The van der Waals surface area contributed by atoms with Gasteiger partial charge in [0.05, 0.1) is 24.7 Å². The number of nitrogens with zero attached hydrogens (tertiary/aromatic N) is 3. The molecule has 0 fully saturated rings. The first-order valence-electron chi connectivity index (χ1n) is 9.20. The summed E-state index contributed by atoms with van der Waals surface area (Å²) in [6.45, 7) is 2.18. The normalized spacial score (nSPS) is 9.83. The van der Waals surface area contributed by atoms with Gasteiger partial charge in [0.2, 0.25) is 0 Å². The number of benzene rings is 2. The van der Waals surface area contributed by atoms with Crippen molar-refractivity contribution in [2.24, 2.45) is 0 Å². The summed E-state index contributed by atoms with van der Waals surface area (Å²) in [4.78, 5) is 18.2. The third-order valence-electron chi connectivity index (χ3n) is 4.01. The Kier molecular flexibility index (Phi) is 8.77. The standard InChI is InChI=1S/C20H20N4.C2H2O4/c21-12-7-13-24-16-19(15-22-14-17-8-3-1-4-9-17)20(23-24)18-10-5-2-6-11-18;3-1(4)2(5)6/h1-6,8-11,16,22H,7,13-15H2;(H,3,4)(H,5,6). The van der Waals surface area contributed by atoms with E-state index in [4.69, 9.17) is 25.1 Å². The summed E-state index contributed by atoms with van der Waals surface area (Å²) in [6.07, 6.45) is 2.50. The van der Waals surface area contributed by atoms with Gasteiger partial charge in [-0.15, -0.1) is 0 Å². The lowest BCUT2D eigenvalue weighted by Crippen LogP contribution is -2.12. The van der Waals surface area contributed by atoms with Crippen molar-refractivity contribution in [3.8, 4) is 17.3 Å². The van der Waals surface area contributed by atoms with E-state index in [1.807, 2.05) is 47.3 Å². The Hall–Kier alpha value is -3.96. The van der Waals surface area contributed by atoms with Crippen LogP contribution >= 0.6 is 0 Å². The second-order valence-electron chi connectivity index (χ2n) is 6.24. The quantitative estimate of drug-likeness (QED) is 0.515. The first kappa shape index (κ1) is 22.3. The molecule has 8 nitrogen and oxygen atoms in total. The minimum absolute atomic E-state index is 0.465. The highest BCUT2D eigenvalue weighted by Crippen LogP contribution is 2.22. The van der Waals surface area contributed by atoms with Gasteiger partial charge in [-0.05, 0) is 5.56 Å².